The molecule has 3 heteroatoms. The summed E-state index contributed by atoms with van der Waals surface area (Å²) in [6, 6.07) is 7.34. The molecule has 1 aliphatic rings. The van der Waals surface area contributed by atoms with E-state index in [1.54, 1.807) is 0 Å². The molecule has 1 N–H and O–H groups in total. The third kappa shape index (κ3) is 3.29. The van der Waals surface area contributed by atoms with Crippen molar-refractivity contribution < 1.29 is 0 Å². The number of fused-ring (bicyclic) bond motifs is 1. The van der Waals surface area contributed by atoms with Crippen molar-refractivity contribution in [3.8, 4) is 0 Å². The summed E-state index contributed by atoms with van der Waals surface area (Å²) in [5.41, 5.74) is 3.11. The largest absolute Gasteiger partial charge is 0.306 e. The predicted molar refractivity (Wildman–Crippen MR) is 87.3 cm³/mol. The van der Waals surface area contributed by atoms with Crippen molar-refractivity contribution in [2.45, 2.75) is 45.7 Å². The number of hydrogen-bond acceptors (Lipinski definition) is 2. The lowest BCUT2D eigenvalue weighted by molar-refractivity contribution is 0.251. The van der Waals surface area contributed by atoms with Gasteiger partial charge in [0.05, 0.1) is 0 Å². The van der Waals surface area contributed by atoms with E-state index in [0.29, 0.717) is 12.1 Å². The standard InChI is InChI=1S/C16H24ClNS/c1-5-13(10-19-4)18-15-14-8-12(17)7-6-11(14)9-16(15,2)3/h6-8,13,15,18H,5,9-10H2,1-4H3. The van der Waals surface area contributed by atoms with Gasteiger partial charge in [0.1, 0.15) is 0 Å². The highest BCUT2D eigenvalue weighted by Gasteiger charge is 2.39. The van der Waals surface area contributed by atoms with Crippen LogP contribution in [0.5, 0.6) is 0 Å². The van der Waals surface area contributed by atoms with Gasteiger partial charge in [-0.2, -0.15) is 11.8 Å². The SMILES string of the molecule is CCC(CSC)NC1c2cc(Cl)ccc2CC1(C)C. The Balaban J connectivity index is 2.25. The van der Waals surface area contributed by atoms with Crippen LogP contribution in [0.4, 0.5) is 0 Å². The van der Waals surface area contributed by atoms with Crippen LogP contribution in [-0.4, -0.2) is 18.1 Å². The zero-order chi connectivity index (χ0) is 14.0. The Labute approximate surface area is 126 Å². The van der Waals surface area contributed by atoms with Gasteiger partial charge in [0, 0.05) is 22.9 Å². The molecule has 2 atom stereocenters. The summed E-state index contributed by atoms with van der Waals surface area (Å²) in [4.78, 5) is 0. The van der Waals surface area contributed by atoms with E-state index in [4.69, 9.17) is 11.6 Å². The molecule has 1 aliphatic carbocycles. The maximum Gasteiger partial charge on any atom is 0.0409 e. The van der Waals surface area contributed by atoms with E-state index < -0.39 is 0 Å². The Morgan fingerprint density at radius 3 is 2.84 bits per heavy atom. The van der Waals surface area contributed by atoms with Crippen LogP contribution in [0.15, 0.2) is 18.2 Å². The first-order chi connectivity index (χ1) is 8.97. The van der Waals surface area contributed by atoms with Crippen LogP contribution in [0, 0.1) is 5.41 Å². The first kappa shape index (κ1) is 15.2. The van der Waals surface area contributed by atoms with E-state index >= 15 is 0 Å². The minimum atomic E-state index is 0.263. The van der Waals surface area contributed by atoms with E-state index in [2.05, 4.69) is 44.5 Å². The van der Waals surface area contributed by atoms with Gasteiger partial charge in [0.2, 0.25) is 0 Å². The van der Waals surface area contributed by atoms with E-state index in [0.717, 1.165) is 11.4 Å². The molecule has 2 unspecified atom stereocenters. The number of rotatable bonds is 5. The van der Waals surface area contributed by atoms with Gasteiger partial charge >= 0.3 is 0 Å². The average Bonchev–Trinajstić information content (AvgIpc) is 2.60. The number of benzene rings is 1. The maximum atomic E-state index is 6.18. The van der Waals surface area contributed by atoms with Crippen LogP contribution in [0.25, 0.3) is 0 Å². The third-order valence-corrected chi connectivity index (χ3v) is 5.08. The van der Waals surface area contributed by atoms with Crippen LogP contribution >= 0.6 is 23.4 Å². The van der Waals surface area contributed by atoms with Crippen molar-refractivity contribution >= 4 is 23.4 Å². The molecule has 0 aliphatic heterocycles. The fourth-order valence-corrected chi connectivity index (χ4v) is 3.96. The van der Waals surface area contributed by atoms with Gasteiger partial charge in [-0.05, 0) is 47.8 Å². The molecular formula is C16H24ClNS. The molecular weight excluding hydrogens is 274 g/mol. The quantitative estimate of drug-likeness (QED) is 0.846. The predicted octanol–water partition coefficient (Wildman–Crippen LogP) is 4.69. The first-order valence-corrected chi connectivity index (χ1v) is 8.78. The summed E-state index contributed by atoms with van der Waals surface area (Å²) < 4.78 is 0. The highest BCUT2D eigenvalue weighted by Crippen LogP contribution is 2.46. The Kier molecular flexibility index (Phi) is 4.86. The Morgan fingerprint density at radius 2 is 2.21 bits per heavy atom. The molecule has 1 aromatic rings. The van der Waals surface area contributed by atoms with Crippen molar-refractivity contribution in [2.75, 3.05) is 12.0 Å². The molecule has 0 aromatic heterocycles. The van der Waals surface area contributed by atoms with Gasteiger partial charge in [-0.3, -0.25) is 0 Å². The second-order valence-electron chi connectivity index (χ2n) is 6.17. The molecule has 1 aromatic carbocycles. The van der Waals surface area contributed by atoms with Crippen LogP contribution in [0.3, 0.4) is 0 Å². The number of halogens is 1. The lowest BCUT2D eigenvalue weighted by Gasteiger charge is -2.32. The van der Waals surface area contributed by atoms with Gasteiger partial charge in [-0.15, -0.1) is 0 Å². The van der Waals surface area contributed by atoms with E-state index in [1.807, 2.05) is 17.8 Å². The molecule has 0 amide bonds. The van der Waals surface area contributed by atoms with Crippen LogP contribution in [0.2, 0.25) is 5.02 Å². The topological polar surface area (TPSA) is 12.0 Å². The maximum absolute atomic E-state index is 6.18. The molecule has 0 saturated heterocycles. The lowest BCUT2D eigenvalue weighted by atomic mass is 9.85. The Hall–Kier alpha value is -0.180. The van der Waals surface area contributed by atoms with Crippen molar-refractivity contribution in [3.05, 3.63) is 34.3 Å². The second kappa shape index (κ2) is 6.07. The summed E-state index contributed by atoms with van der Waals surface area (Å²) in [5.74, 6) is 1.17. The molecule has 19 heavy (non-hydrogen) atoms. The van der Waals surface area contributed by atoms with Gasteiger partial charge < -0.3 is 5.32 Å². The first-order valence-electron chi connectivity index (χ1n) is 7.01. The average molecular weight is 298 g/mol. The fourth-order valence-electron chi connectivity index (χ4n) is 3.05. The fraction of sp³-hybridized carbons (Fsp3) is 0.625. The third-order valence-electron chi connectivity index (χ3n) is 4.11. The van der Waals surface area contributed by atoms with Crippen molar-refractivity contribution in [1.82, 2.24) is 5.32 Å². The Bertz CT molecular complexity index is 444. The van der Waals surface area contributed by atoms with Gasteiger partial charge in [-0.25, -0.2) is 0 Å². The van der Waals surface area contributed by atoms with Gasteiger partial charge in [0.25, 0.3) is 0 Å². The molecule has 0 fully saturated rings. The Morgan fingerprint density at radius 1 is 1.47 bits per heavy atom. The molecule has 0 radical (unpaired) electrons. The van der Waals surface area contributed by atoms with Crippen molar-refractivity contribution in [2.24, 2.45) is 5.41 Å². The zero-order valence-electron chi connectivity index (χ0n) is 12.3. The molecule has 106 valence electrons. The van der Waals surface area contributed by atoms with E-state index in [1.165, 1.54) is 23.3 Å². The van der Waals surface area contributed by atoms with Crippen LogP contribution < -0.4 is 5.32 Å². The van der Waals surface area contributed by atoms with Crippen molar-refractivity contribution in [3.63, 3.8) is 0 Å². The highest BCUT2D eigenvalue weighted by atomic mass is 35.5. The summed E-state index contributed by atoms with van der Waals surface area (Å²) >= 11 is 8.10. The number of hydrogen-bond donors (Lipinski definition) is 1. The van der Waals surface area contributed by atoms with Crippen LogP contribution in [-0.2, 0) is 6.42 Å². The molecule has 0 spiro atoms. The summed E-state index contributed by atoms with van der Waals surface area (Å²) in [5, 5.41) is 4.71. The molecule has 0 saturated carbocycles. The van der Waals surface area contributed by atoms with Gasteiger partial charge in [-0.1, -0.05) is 38.4 Å². The summed E-state index contributed by atoms with van der Waals surface area (Å²) in [6.45, 7) is 6.96. The second-order valence-corrected chi connectivity index (χ2v) is 7.52. The van der Waals surface area contributed by atoms with E-state index in [-0.39, 0.29) is 5.41 Å². The summed E-state index contributed by atoms with van der Waals surface area (Å²) in [6.07, 6.45) is 4.48. The monoisotopic (exact) mass is 297 g/mol. The molecule has 0 bridgehead atoms. The van der Waals surface area contributed by atoms with Crippen molar-refractivity contribution in [1.29, 1.82) is 0 Å². The zero-order valence-corrected chi connectivity index (χ0v) is 13.9. The molecule has 0 heterocycles. The smallest absolute Gasteiger partial charge is 0.0409 e. The molecule has 2 rings (SSSR count). The number of thioether (sulfide) groups is 1. The van der Waals surface area contributed by atoms with E-state index in [9.17, 15) is 0 Å². The highest BCUT2D eigenvalue weighted by molar-refractivity contribution is 7.98. The minimum absolute atomic E-state index is 0.263. The normalized spacial score (nSPS) is 22.3. The number of nitrogens with one attached hydrogen (secondary N) is 1. The summed E-state index contributed by atoms with van der Waals surface area (Å²) in [7, 11) is 0. The van der Waals surface area contributed by atoms with Crippen LogP contribution in [0.1, 0.15) is 44.4 Å². The minimum Gasteiger partial charge on any atom is -0.306 e. The van der Waals surface area contributed by atoms with Gasteiger partial charge in [0.15, 0.2) is 0 Å². The molecule has 1 nitrogen and oxygen atoms in total. The lowest BCUT2D eigenvalue weighted by Crippen LogP contribution is -2.39.